The summed E-state index contributed by atoms with van der Waals surface area (Å²) in [5.74, 6) is -0.400. The first-order chi connectivity index (χ1) is 6.56. The van der Waals surface area contributed by atoms with Gasteiger partial charge in [-0.15, -0.1) is 0 Å². The summed E-state index contributed by atoms with van der Waals surface area (Å²) >= 11 is 1.23. The van der Waals surface area contributed by atoms with Crippen molar-refractivity contribution >= 4 is 29.0 Å². The van der Waals surface area contributed by atoms with E-state index >= 15 is 0 Å². The molecule has 0 N–H and O–H groups in total. The molecule has 2 amide bonds. The predicted octanol–water partition coefficient (Wildman–Crippen LogP) is 1.05. The Bertz CT molecular complexity index is 347. The number of rotatable bonds is 2. The summed E-state index contributed by atoms with van der Waals surface area (Å²) in [4.78, 5) is 27.2. The smallest absolute Gasteiger partial charge is 0.274 e. The zero-order valence-electron chi connectivity index (χ0n) is 8.10. The lowest BCUT2D eigenvalue weighted by Gasteiger charge is -2.12. The van der Waals surface area contributed by atoms with Crippen LogP contribution in [0.5, 0.6) is 5.19 Å². The monoisotopic (exact) mass is 214 g/mol. The molecule has 14 heavy (non-hydrogen) atoms. The number of methoxy groups -OCH3 is 1. The van der Waals surface area contributed by atoms with Crippen LogP contribution in [0.15, 0.2) is 5.38 Å². The van der Waals surface area contributed by atoms with Crippen LogP contribution in [-0.2, 0) is 9.59 Å². The van der Waals surface area contributed by atoms with E-state index in [-0.39, 0.29) is 11.8 Å². The average Bonchev–Trinajstić information content (AvgIpc) is 2.51. The SMILES string of the molecule is COc1nc(N(C(C)=O)C(C)=O)cs1. The summed E-state index contributed by atoms with van der Waals surface area (Å²) in [5.41, 5.74) is 0. The molecule has 0 aliphatic rings. The van der Waals surface area contributed by atoms with Gasteiger partial charge in [-0.3, -0.25) is 9.59 Å². The lowest BCUT2D eigenvalue weighted by molar-refractivity contribution is -0.124. The van der Waals surface area contributed by atoms with Crippen molar-refractivity contribution in [3.63, 3.8) is 0 Å². The van der Waals surface area contributed by atoms with E-state index in [1.165, 1.54) is 32.3 Å². The Morgan fingerprint density at radius 2 is 2.00 bits per heavy atom. The van der Waals surface area contributed by atoms with E-state index in [1.807, 2.05) is 0 Å². The second-order valence-corrected chi connectivity index (χ2v) is 3.37. The number of anilines is 1. The van der Waals surface area contributed by atoms with Crippen LogP contribution < -0.4 is 9.64 Å². The molecule has 1 aromatic rings. The van der Waals surface area contributed by atoms with Gasteiger partial charge in [0.1, 0.15) is 0 Å². The first kappa shape index (κ1) is 10.6. The van der Waals surface area contributed by atoms with Crippen LogP contribution in [0.25, 0.3) is 0 Å². The molecule has 0 radical (unpaired) electrons. The molecule has 0 atom stereocenters. The molecule has 0 aliphatic carbocycles. The molecule has 0 bridgehead atoms. The minimum atomic E-state index is -0.356. The van der Waals surface area contributed by atoms with Gasteiger partial charge < -0.3 is 4.74 Å². The zero-order valence-corrected chi connectivity index (χ0v) is 8.92. The van der Waals surface area contributed by atoms with Crippen molar-refractivity contribution in [3.8, 4) is 5.19 Å². The van der Waals surface area contributed by atoms with Crippen LogP contribution in [0, 0.1) is 0 Å². The minimum absolute atomic E-state index is 0.312. The van der Waals surface area contributed by atoms with Gasteiger partial charge in [0, 0.05) is 19.2 Å². The highest BCUT2D eigenvalue weighted by molar-refractivity contribution is 7.11. The fraction of sp³-hybridized carbons (Fsp3) is 0.375. The Balaban J connectivity index is 2.99. The maximum atomic E-state index is 11.1. The highest BCUT2D eigenvalue weighted by Crippen LogP contribution is 2.24. The maximum Gasteiger partial charge on any atom is 0.274 e. The molecule has 5 nitrogen and oxygen atoms in total. The van der Waals surface area contributed by atoms with Gasteiger partial charge in [0.05, 0.1) is 7.11 Å². The largest absolute Gasteiger partial charge is 0.473 e. The lowest BCUT2D eigenvalue weighted by atomic mass is 10.5. The highest BCUT2D eigenvalue weighted by atomic mass is 32.1. The molecular formula is C8H10N2O3S. The van der Waals surface area contributed by atoms with Crippen molar-refractivity contribution in [2.45, 2.75) is 13.8 Å². The molecule has 0 spiro atoms. The molecule has 76 valence electrons. The van der Waals surface area contributed by atoms with Crippen molar-refractivity contribution in [2.75, 3.05) is 12.0 Å². The van der Waals surface area contributed by atoms with Crippen molar-refractivity contribution in [2.24, 2.45) is 0 Å². The third-order valence-corrected chi connectivity index (χ3v) is 2.29. The molecule has 0 aromatic carbocycles. The van der Waals surface area contributed by atoms with Crippen LogP contribution in [0.4, 0.5) is 5.82 Å². The molecule has 0 aliphatic heterocycles. The van der Waals surface area contributed by atoms with Crippen molar-refractivity contribution in [1.29, 1.82) is 0 Å². The number of nitrogens with zero attached hydrogens (tertiary/aromatic N) is 2. The first-order valence-electron chi connectivity index (χ1n) is 3.87. The van der Waals surface area contributed by atoms with Gasteiger partial charge in [-0.2, -0.15) is 4.98 Å². The maximum absolute atomic E-state index is 11.1. The molecule has 0 fully saturated rings. The molecule has 1 heterocycles. The summed E-state index contributed by atoms with van der Waals surface area (Å²) in [6.45, 7) is 2.63. The van der Waals surface area contributed by atoms with E-state index in [0.29, 0.717) is 11.0 Å². The van der Waals surface area contributed by atoms with Gasteiger partial charge in [0.2, 0.25) is 11.8 Å². The molecule has 1 rings (SSSR count). The van der Waals surface area contributed by atoms with Gasteiger partial charge in [-0.25, -0.2) is 4.90 Å². The van der Waals surface area contributed by atoms with Gasteiger partial charge in [0.15, 0.2) is 5.82 Å². The second kappa shape index (κ2) is 4.19. The Hall–Kier alpha value is -1.43. The number of carbonyl (C=O) groups is 2. The van der Waals surface area contributed by atoms with Gasteiger partial charge in [-0.05, 0) is 0 Å². The summed E-state index contributed by atoms with van der Waals surface area (Å²) in [7, 11) is 1.48. The van der Waals surface area contributed by atoms with Gasteiger partial charge in [0.25, 0.3) is 5.19 Å². The number of amides is 2. The van der Waals surface area contributed by atoms with E-state index in [2.05, 4.69) is 4.98 Å². The van der Waals surface area contributed by atoms with E-state index in [9.17, 15) is 9.59 Å². The Morgan fingerprint density at radius 3 is 2.36 bits per heavy atom. The van der Waals surface area contributed by atoms with Crippen LogP contribution in [0.1, 0.15) is 13.8 Å². The van der Waals surface area contributed by atoms with Crippen molar-refractivity contribution in [1.82, 2.24) is 4.98 Å². The van der Waals surface area contributed by atoms with E-state index in [0.717, 1.165) is 4.90 Å². The summed E-state index contributed by atoms with van der Waals surface area (Å²) in [5, 5.41) is 2.02. The fourth-order valence-electron chi connectivity index (χ4n) is 0.990. The number of aromatic nitrogens is 1. The molecule has 0 unspecified atom stereocenters. The Morgan fingerprint density at radius 1 is 1.43 bits per heavy atom. The second-order valence-electron chi connectivity index (χ2n) is 2.55. The lowest BCUT2D eigenvalue weighted by Crippen LogP contribution is -2.33. The van der Waals surface area contributed by atoms with Crippen molar-refractivity contribution in [3.05, 3.63) is 5.38 Å². The quantitative estimate of drug-likeness (QED) is 0.738. The molecule has 0 saturated heterocycles. The summed E-state index contributed by atoms with van der Waals surface area (Å²) < 4.78 is 4.86. The fourth-order valence-corrected chi connectivity index (χ4v) is 1.60. The van der Waals surface area contributed by atoms with E-state index < -0.39 is 0 Å². The Kier molecular flexibility index (Phi) is 3.19. The topological polar surface area (TPSA) is 59.5 Å². The predicted molar refractivity (Wildman–Crippen MR) is 52.5 cm³/mol. The van der Waals surface area contributed by atoms with Crippen LogP contribution in [0.2, 0.25) is 0 Å². The van der Waals surface area contributed by atoms with E-state index in [1.54, 1.807) is 5.38 Å². The summed E-state index contributed by atoms with van der Waals surface area (Å²) in [6.07, 6.45) is 0. The number of carbonyl (C=O) groups excluding carboxylic acids is 2. The van der Waals surface area contributed by atoms with Crippen molar-refractivity contribution < 1.29 is 14.3 Å². The van der Waals surface area contributed by atoms with Gasteiger partial charge >= 0.3 is 0 Å². The summed E-state index contributed by atoms with van der Waals surface area (Å²) in [6, 6.07) is 0. The van der Waals surface area contributed by atoms with Crippen LogP contribution >= 0.6 is 11.3 Å². The minimum Gasteiger partial charge on any atom is -0.473 e. The molecule has 6 heteroatoms. The zero-order chi connectivity index (χ0) is 10.7. The number of hydrogen-bond donors (Lipinski definition) is 0. The normalized spacial score (nSPS) is 9.64. The number of hydrogen-bond acceptors (Lipinski definition) is 5. The third kappa shape index (κ3) is 2.08. The molecule has 1 aromatic heterocycles. The van der Waals surface area contributed by atoms with Crippen LogP contribution in [-0.4, -0.2) is 23.9 Å². The van der Waals surface area contributed by atoms with Gasteiger partial charge in [-0.1, -0.05) is 11.3 Å². The number of ether oxygens (including phenoxy) is 1. The molecule has 0 saturated carbocycles. The average molecular weight is 214 g/mol. The number of imide groups is 1. The standard InChI is InChI=1S/C8H10N2O3S/c1-5(11)10(6(2)12)7-4-14-8(9-7)13-3/h4H,1-3H3. The Labute approximate surface area is 85.3 Å². The molecular weight excluding hydrogens is 204 g/mol. The van der Waals surface area contributed by atoms with E-state index in [4.69, 9.17) is 4.74 Å². The number of thiazole rings is 1. The van der Waals surface area contributed by atoms with Crippen LogP contribution in [0.3, 0.4) is 0 Å². The first-order valence-corrected chi connectivity index (χ1v) is 4.75. The third-order valence-electron chi connectivity index (χ3n) is 1.50. The highest BCUT2D eigenvalue weighted by Gasteiger charge is 2.19.